The van der Waals surface area contributed by atoms with Crippen molar-refractivity contribution in [2.75, 3.05) is 25.0 Å². The quantitative estimate of drug-likeness (QED) is 0.887. The summed E-state index contributed by atoms with van der Waals surface area (Å²) in [5, 5.41) is 6.56. The summed E-state index contributed by atoms with van der Waals surface area (Å²) in [6.45, 7) is 5.56. The third-order valence-electron chi connectivity index (χ3n) is 3.71. The van der Waals surface area contributed by atoms with Crippen LogP contribution in [0.4, 0.5) is 5.13 Å². The fourth-order valence-corrected chi connectivity index (χ4v) is 3.64. The molecule has 1 fully saturated rings. The Morgan fingerprint density at radius 3 is 3.11 bits per heavy atom. The summed E-state index contributed by atoms with van der Waals surface area (Å²) in [5.74, 6) is 0.941. The van der Waals surface area contributed by atoms with E-state index in [1.807, 2.05) is 7.05 Å². The van der Waals surface area contributed by atoms with Crippen LogP contribution in [0.25, 0.3) is 0 Å². The Hall–Kier alpha value is -0.610. The summed E-state index contributed by atoms with van der Waals surface area (Å²) in [6.07, 6.45) is 6.80. The molecule has 0 spiro atoms. The minimum atomic E-state index is 0.878. The van der Waals surface area contributed by atoms with E-state index in [4.69, 9.17) is 4.98 Å². The van der Waals surface area contributed by atoms with Gasteiger partial charge in [0.05, 0.1) is 5.69 Å². The average molecular weight is 267 g/mol. The van der Waals surface area contributed by atoms with E-state index in [0.717, 1.165) is 12.5 Å². The van der Waals surface area contributed by atoms with Gasteiger partial charge in [-0.05, 0) is 32.2 Å². The molecule has 1 aromatic rings. The number of rotatable bonds is 5. The van der Waals surface area contributed by atoms with E-state index in [1.54, 1.807) is 11.3 Å². The standard InChI is InChI=1S/C14H25N3S/c1-3-5-12-6-4-8-17(9-7-12)14-16-13(10-15-2)11-18-14/h11-12,15H,3-10H2,1-2H3. The summed E-state index contributed by atoms with van der Waals surface area (Å²) in [7, 11) is 1.97. The van der Waals surface area contributed by atoms with Crippen LogP contribution in [0.5, 0.6) is 0 Å². The summed E-state index contributed by atoms with van der Waals surface area (Å²) in [4.78, 5) is 7.20. The van der Waals surface area contributed by atoms with Gasteiger partial charge < -0.3 is 10.2 Å². The van der Waals surface area contributed by atoms with E-state index in [1.165, 1.54) is 56.0 Å². The van der Waals surface area contributed by atoms with Crippen LogP contribution in [-0.4, -0.2) is 25.1 Å². The largest absolute Gasteiger partial charge is 0.348 e. The second kappa shape index (κ2) is 7.10. The van der Waals surface area contributed by atoms with Crippen molar-refractivity contribution in [2.45, 2.75) is 45.6 Å². The van der Waals surface area contributed by atoms with Crippen molar-refractivity contribution in [3.63, 3.8) is 0 Å². The monoisotopic (exact) mass is 267 g/mol. The highest BCUT2D eigenvalue weighted by Crippen LogP contribution is 2.27. The molecule has 0 aromatic carbocycles. The Morgan fingerprint density at radius 2 is 2.33 bits per heavy atom. The second-order valence-corrected chi connectivity index (χ2v) is 6.06. The Kier molecular flexibility index (Phi) is 5.45. The molecule has 1 aromatic heterocycles. The molecule has 1 unspecified atom stereocenters. The van der Waals surface area contributed by atoms with Crippen LogP contribution >= 0.6 is 11.3 Å². The number of aromatic nitrogens is 1. The molecule has 1 aliphatic heterocycles. The van der Waals surface area contributed by atoms with Gasteiger partial charge in [-0.3, -0.25) is 0 Å². The first-order valence-electron chi connectivity index (χ1n) is 7.17. The molecular formula is C14H25N3S. The van der Waals surface area contributed by atoms with E-state index < -0.39 is 0 Å². The summed E-state index contributed by atoms with van der Waals surface area (Å²) < 4.78 is 0. The molecule has 1 atom stereocenters. The van der Waals surface area contributed by atoms with Gasteiger partial charge in [0, 0.05) is 25.0 Å². The maximum absolute atomic E-state index is 4.72. The molecule has 1 saturated heterocycles. The van der Waals surface area contributed by atoms with Crippen molar-refractivity contribution in [1.29, 1.82) is 0 Å². The van der Waals surface area contributed by atoms with Crippen LogP contribution in [0.1, 0.15) is 44.7 Å². The van der Waals surface area contributed by atoms with Crippen molar-refractivity contribution < 1.29 is 0 Å². The summed E-state index contributed by atoms with van der Waals surface area (Å²) >= 11 is 1.79. The lowest BCUT2D eigenvalue weighted by Crippen LogP contribution is -2.24. The number of hydrogen-bond acceptors (Lipinski definition) is 4. The summed E-state index contributed by atoms with van der Waals surface area (Å²) in [6, 6.07) is 0. The molecule has 1 aliphatic rings. The number of nitrogens with one attached hydrogen (secondary N) is 1. The van der Waals surface area contributed by atoms with Gasteiger partial charge in [0.25, 0.3) is 0 Å². The first-order chi connectivity index (χ1) is 8.83. The lowest BCUT2D eigenvalue weighted by atomic mass is 9.96. The SMILES string of the molecule is CCCC1CCCN(c2nc(CNC)cs2)CC1. The van der Waals surface area contributed by atoms with Gasteiger partial charge in [-0.15, -0.1) is 11.3 Å². The van der Waals surface area contributed by atoms with Crippen LogP contribution in [0.15, 0.2) is 5.38 Å². The molecule has 18 heavy (non-hydrogen) atoms. The highest BCUT2D eigenvalue weighted by atomic mass is 32.1. The van der Waals surface area contributed by atoms with Crippen molar-refractivity contribution >= 4 is 16.5 Å². The van der Waals surface area contributed by atoms with E-state index in [2.05, 4.69) is 22.5 Å². The molecule has 102 valence electrons. The molecular weight excluding hydrogens is 242 g/mol. The van der Waals surface area contributed by atoms with Gasteiger partial charge in [0.2, 0.25) is 0 Å². The molecule has 0 radical (unpaired) electrons. The van der Waals surface area contributed by atoms with Gasteiger partial charge in [-0.2, -0.15) is 0 Å². The maximum atomic E-state index is 4.72. The Balaban J connectivity index is 1.92. The van der Waals surface area contributed by atoms with Gasteiger partial charge >= 0.3 is 0 Å². The molecule has 3 nitrogen and oxygen atoms in total. The molecule has 0 saturated carbocycles. The fraction of sp³-hybridized carbons (Fsp3) is 0.786. The smallest absolute Gasteiger partial charge is 0.185 e. The predicted molar refractivity (Wildman–Crippen MR) is 79.3 cm³/mol. The zero-order valence-corrected chi connectivity index (χ0v) is 12.4. The molecule has 0 aliphatic carbocycles. The van der Waals surface area contributed by atoms with Gasteiger partial charge in [-0.1, -0.05) is 19.8 Å². The van der Waals surface area contributed by atoms with Crippen LogP contribution in [0, 0.1) is 5.92 Å². The van der Waals surface area contributed by atoms with Gasteiger partial charge in [-0.25, -0.2) is 4.98 Å². The lowest BCUT2D eigenvalue weighted by molar-refractivity contribution is 0.435. The van der Waals surface area contributed by atoms with Gasteiger partial charge in [0.15, 0.2) is 5.13 Å². The van der Waals surface area contributed by atoms with Crippen LogP contribution in [0.2, 0.25) is 0 Å². The second-order valence-electron chi connectivity index (χ2n) is 5.22. The molecule has 4 heteroatoms. The Bertz CT molecular complexity index is 351. The molecule has 0 amide bonds. The third-order valence-corrected chi connectivity index (χ3v) is 4.66. The van der Waals surface area contributed by atoms with Gasteiger partial charge in [0.1, 0.15) is 0 Å². The lowest BCUT2D eigenvalue weighted by Gasteiger charge is -2.19. The first-order valence-corrected chi connectivity index (χ1v) is 8.05. The highest BCUT2D eigenvalue weighted by molar-refractivity contribution is 7.13. The number of anilines is 1. The molecule has 0 bridgehead atoms. The minimum absolute atomic E-state index is 0.878. The van der Waals surface area contributed by atoms with Crippen LogP contribution in [0.3, 0.4) is 0 Å². The van der Waals surface area contributed by atoms with E-state index >= 15 is 0 Å². The predicted octanol–water partition coefficient (Wildman–Crippen LogP) is 3.27. The van der Waals surface area contributed by atoms with Crippen molar-refractivity contribution in [1.82, 2.24) is 10.3 Å². The fourth-order valence-electron chi connectivity index (χ4n) is 2.76. The zero-order chi connectivity index (χ0) is 12.8. The number of thiazole rings is 1. The zero-order valence-electron chi connectivity index (χ0n) is 11.6. The van der Waals surface area contributed by atoms with E-state index in [9.17, 15) is 0 Å². The van der Waals surface area contributed by atoms with E-state index in [-0.39, 0.29) is 0 Å². The maximum Gasteiger partial charge on any atom is 0.185 e. The highest BCUT2D eigenvalue weighted by Gasteiger charge is 2.18. The summed E-state index contributed by atoms with van der Waals surface area (Å²) in [5.41, 5.74) is 1.17. The third kappa shape index (κ3) is 3.69. The van der Waals surface area contributed by atoms with Crippen LogP contribution in [-0.2, 0) is 6.54 Å². The van der Waals surface area contributed by atoms with Crippen molar-refractivity contribution in [3.8, 4) is 0 Å². The van der Waals surface area contributed by atoms with Crippen LogP contribution < -0.4 is 10.2 Å². The molecule has 2 heterocycles. The minimum Gasteiger partial charge on any atom is -0.348 e. The first kappa shape index (κ1) is 13.8. The Labute approximate surface area is 115 Å². The van der Waals surface area contributed by atoms with Crippen molar-refractivity contribution in [2.24, 2.45) is 5.92 Å². The van der Waals surface area contributed by atoms with E-state index in [0.29, 0.717) is 0 Å². The van der Waals surface area contributed by atoms with Crippen molar-refractivity contribution in [3.05, 3.63) is 11.1 Å². The number of nitrogens with zero attached hydrogens (tertiary/aromatic N) is 2. The normalized spacial score (nSPS) is 21.0. The molecule has 1 N–H and O–H groups in total. The topological polar surface area (TPSA) is 28.2 Å². The molecule has 2 rings (SSSR count). The average Bonchev–Trinajstić information content (AvgIpc) is 2.70. The number of hydrogen-bond donors (Lipinski definition) is 1. The Morgan fingerprint density at radius 1 is 1.44 bits per heavy atom.